The summed E-state index contributed by atoms with van der Waals surface area (Å²) < 4.78 is 46.7. The van der Waals surface area contributed by atoms with Crippen LogP contribution in [0, 0.1) is 11.3 Å². The van der Waals surface area contributed by atoms with Gasteiger partial charge in [-0.2, -0.15) is 18.4 Å². The molecule has 3 heterocycles. The summed E-state index contributed by atoms with van der Waals surface area (Å²) in [5, 5.41) is 9.76. The summed E-state index contributed by atoms with van der Waals surface area (Å²) in [6, 6.07) is 24.3. The van der Waals surface area contributed by atoms with Crippen molar-refractivity contribution in [2.75, 3.05) is 38.1 Å². The van der Waals surface area contributed by atoms with Crippen molar-refractivity contribution in [3.8, 4) is 17.7 Å². The highest BCUT2D eigenvalue weighted by Gasteiger charge is 2.30. The number of pyridine rings is 1. The van der Waals surface area contributed by atoms with E-state index < -0.39 is 17.6 Å². The number of carbonyl (C=O) groups is 2. The van der Waals surface area contributed by atoms with Gasteiger partial charge in [-0.05, 0) is 66.2 Å². The lowest BCUT2D eigenvalue weighted by Crippen LogP contribution is -2.48. The van der Waals surface area contributed by atoms with Crippen molar-refractivity contribution >= 4 is 28.4 Å². The second-order valence-corrected chi connectivity index (χ2v) is 11.6. The largest absolute Gasteiger partial charge is 0.438 e. The zero-order valence-electron chi connectivity index (χ0n) is 26.2. The van der Waals surface area contributed by atoms with Crippen molar-refractivity contribution in [1.29, 1.82) is 5.26 Å². The predicted molar refractivity (Wildman–Crippen MR) is 174 cm³/mol. The Labute approximate surface area is 275 Å². The molecule has 2 aromatic heterocycles. The first-order valence-corrected chi connectivity index (χ1v) is 15.2. The molecule has 0 N–H and O–H groups in total. The minimum absolute atomic E-state index is 0.0686. The second-order valence-electron chi connectivity index (χ2n) is 11.6. The third-order valence-corrected chi connectivity index (χ3v) is 8.50. The van der Waals surface area contributed by atoms with E-state index in [-0.39, 0.29) is 17.4 Å². The number of hydrogen-bond acceptors (Lipinski definition) is 6. The SMILES string of the molecule is CN(C(=O)c1ccc(C(F)(F)F)cc1)c1ccc(Oc2cccc3c2cc(C(=O)N2CCN(Cc4ccc(C#N)cc4)CC2)n3C)nc1. The number of carbonyl (C=O) groups excluding carboxylic acids is 2. The molecule has 6 rings (SSSR count). The standard InChI is InChI=1S/C36H31F3N6O3/c1-42(34(46)26-10-12-27(13-11-26)36(37,38)39)28-14-15-33(41-22-28)48-32-5-3-4-30-29(32)20-31(43(30)2)35(47)45-18-16-44(17-19-45)23-25-8-6-24(21-40)7-9-25/h3-15,20,22H,16-19,23H2,1-2H3. The van der Waals surface area contributed by atoms with E-state index in [1.165, 1.54) is 18.1 Å². The van der Waals surface area contributed by atoms with Crippen molar-refractivity contribution in [2.45, 2.75) is 12.7 Å². The number of aromatic nitrogens is 2. The molecule has 1 aliphatic rings. The zero-order valence-corrected chi connectivity index (χ0v) is 26.2. The van der Waals surface area contributed by atoms with Gasteiger partial charge in [0.2, 0.25) is 5.88 Å². The third-order valence-electron chi connectivity index (χ3n) is 8.50. The summed E-state index contributed by atoms with van der Waals surface area (Å²) in [6.07, 6.45) is -3.04. The van der Waals surface area contributed by atoms with Crippen LogP contribution in [0.5, 0.6) is 11.6 Å². The van der Waals surface area contributed by atoms with Crippen molar-refractivity contribution < 1.29 is 27.5 Å². The number of fused-ring (bicyclic) bond motifs is 1. The molecule has 5 aromatic rings. The molecule has 0 atom stereocenters. The van der Waals surface area contributed by atoms with Crippen LogP contribution >= 0.6 is 0 Å². The maximum Gasteiger partial charge on any atom is 0.416 e. The number of nitrogens with zero attached hydrogens (tertiary/aromatic N) is 6. The van der Waals surface area contributed by atoms with Crippen LogP contribution in [0.1, 0.15) is 37.5 Å². The Balaban J connectivity index is 1.11. The Morgan fingerprint density at radius 3 is 2.29 bits per heavy atom. The van der Waals surface area contributed by atoms with Crippen molar-refractivity contribution in [2.24, 2.45) is 7.05 Å². The number of ether oxygens (including phenoxy) is 1. The van der Waals surface area contributed by atoms with Gasteiger partial charge in [-0.3, -0.25) is 14.5 Å². The first-order chi connectivity index (χ1) is 23.0. The highest BCUT2D eigenvalue weighted by Crippen LogP contribution is 2.33. The molecular formula is C36H31F3N6O3. The lowest BCUT2D eigenvalue weighted by Gasteiger charge is -2.34. The van der Waals surface area contributed by atoms with E-state index >= 15 is 0 Å². The van der Waals surface area contributed by atoms with Gasteiger partial charge < -0.3 is 19.1 Å². The Morgan fingerprint density at radius 1 is 0.958 bits per heavy atom. The summed E-state index contributed by atoms with van der Waals surface area (Å²) >= 11 is 0. The quantitative estimate of drug-likeness (QED) is 0.200. The molecule has 2 amide bonds. The van der Waals surface area contributed by atoms with Crippen molar-refractivity contribution in [3.63, 3.8) is 0 Å². The average molecular weight is 653 g/mol. The van der Waals surface area contributed by atoms with Crippen molar-refractivity contribution in [1.82, 2.24) is 19.4 Å². The van der Waals surface area contributed by atoms with E-state index in [0.717, 1.165) is 60.4 Å². The minimum Gasteiger partial charge on any atom is -0.438 e. The van der Waals surface area contributed by atoms with Crippen molar-refractivity contribution in [3.05, 3.63) is 119 Å². The van der Waals surface area contributed by atoms with Gasteiger partial charge in [0.05, 0.1) is 34.6 Å². The van der Waals surface area contributed by atoms with Crippen LogP contribution in [0.3, 0.4) is 0 Å². The number of amides is 2. The molecule has 12 heteroatoms. The van der Waals surface area contributed by atoms with Gasteiger partial charge in [-0.25, -0.2) is 4.98 Å². The summed E-state index contributed by atoms with van der Waals surface area (Å²) in [5.74, 6) is 0.208. The van der Waals surface area contributed by atoms with E-state index in [4.69, 9.17) is 10.00 Å². The van der Waals surface area contributed by atoms with Crippen LogP contribution in [0.4, 0.5) is 18.9 Å². The molecule has 0 aliphatic carbocycles. The number of rotatable bonds is 7. The third kappa shape index (κ3) is 6.72. The fourth-order valence-corrected chi connectivity index (χ4v) is 5.70. The molecule has 1 saturated heterocycles. The predicted octanol–water partition coefficient (Wildman–Crippen LogP) is 6.49. The molecule has 9 nitrogen and oxygen atoms in total. The lowest BCUT2D eigenvalue weighted by molar-refractivity contribution is -0.137. The Morgan fingerprint density at radius 2 is 1.67 bits per heavy atom. The molecule has 0 unspecified atom stereocenters. The average Bonchev–Trinajstić information content (AvgIpc) is 3.45. The number of halogens is 3. The normalized spacial score (nSPS) is 13.7. The molecule has 0 saturated carbocycles. The fraction of sp³-hybridized carbons (Fsp3) is 0.222. The van der Waals surface area contributed by atoms with Crippen LogP contribution in [0.25, 0.3) is 10.9 Å². The first kappa shape index (κ1) is 32.3. The molecule has 0 spiro atoms. The molecule has 48 heavy (non-hydrogen) atoms. The highest BCUT2D eigenvalue weighted by molar-refractivity contribution is 6.05. The van der Waals surface area contributed by atoms with Crippen LogP contribution < -0.4 is 9.64 Å². The van der Waals surface area contributed by atoms with Gasteiger partial charge in [-0.15, -0.1) is 0 Å². The van der Waals surface area contributed by atoms with E-state index in [0.29, 0.717) is 35.8 Å². The summed E-state index contributed by atoms with van der Waals surface area (Å²) in [5.41, 5.74) is 2.81. The van der Waals surface area contributed by atoms with Crippen LogP contribution in [-0.2, 0) is 19.8 Å². The molecule has 3 aromatic carbocycles. The number of aryl methyl sites for hydroxylation is 1. The number of hydrogen-bond donors (Lipinski definition) is 0. The molecule has 0 radical (unpaired) electrons. The van der Waals surface area contributed by atoms with Gasteiger partial charge in [0.25, 0.3) is 11.8 Å². The Kier molecular flexibility index (Phi) is 8.88. The van der Waals surface area contributed by atoms with Gasteiger partial charge in [0, 0.05) is 63.8 Å². The Hall–Kier alpha value is -5.67. The van der Waals surface area contributed by atoms with Gasteiger partial charge >= 0.3 is 6.18 Å². The maximum absolute atomic E-state index is 13.6. The zero-order chi connectivity index (χ0) is 34.0. The minimum atomic E-state index is -4.49. The monoisotopic (exact) mass is 652 g/mol. The summed E-state index contributed by atoms with van der Waals surface area (Å²) in [6.45, 7) is 3.40. The van der Waals surface area contributed by atoms with E-state index in [9.17, 15) is 22.8 Å². The topological polar surface area (TPSA) is 94.7 Å². The molecule has 0 bridgehead atoms. The molecule has 1 aliphatic heterocycles. The number of alkyl halides is 3. The van der Waals surface area contributed by atoms with E-state index in [1.807, 2.05) is 59.0 Å². The number of piperazine rings is 1. The van der Waals surface area contributed by atoms with Gasteiger partial charge in [-0.1, -0.05) is 18.2 Å². The van der Waals surface area contributed by atoms with E-state index in [1.54, 1.807) is 18.2 Å². The van der Waals surface area contributed by atoms with Crippen LogP contribution in [0.15, 0.2) is 91.1 Å². The second kappa shape index (κ2) is 13.2. The summed E-state index contributed by atoms with van der Waals surface area (Å²) in [7, 11) is 3.35. The molecule has 244 valence electrons. The molecule has 1 fully saturated rings. The van der Waals surface area contributed by atoms with Gasteiger partial charge in [0.15, 0.2) is 0 Å². The fourth-order valence-electron chi connectivity index (χ4n) is 5.70. The maximum atomic E-state index is 13.6. The summed E-state index contributed by atoms with van der Waals surface area (Å²) in [4.78, 5) is 36.3. The highest BCUT2D eigenvalue weighted by atomic mass is 19.4. The number of nitriles is 1. The smallest absolute Gasteiger partial charge is 0.416 e. The Bertz CT molecular complexity index is 1990. The van der Waals surface area contributed by atoms with Crippen LogP contribution in [0.2, 0.25) is 0 Å². The van der Waals surface area contributed by atoms with Gasteiger partial charge in [0.1, 0.15) is 11.4 Å². The number of benzene rings is 3. The lowest BCUT2D eigenvalue weighted by atomic mass is 10.1. The molecular weight excluding hydrogens is 621 g/mol. The van der Waals surface area contributed by atoms with Crippen LogP contribution in [-0.4, -0.2) is 64.4 Å². The first-order valence-electron chi connectivity index (χ1n) is 15.2. The number of anilines is 1. The van der Waals surface area contributed by atoms with E-state index in [2.05, 4.69) is 16.0 Å².